The highest BCUT2D eigenvalue weighted by Gasteiger charge is 2.65. The molecule has 0 unspecified atom stereocenters. The van der Waals surface area contributed by atoms with Crippen molar-refractivity contribution >= 4 is 5.97 Å². The molecule has 0 saturated carbocycles. The average Bonchev–Trinajstić information content (AvgIpc) is 2.52. The van der Waals surface area contributed by atoms with E-state index in [-0.39, 0.29) is 0 Å². The number of fused-ring (bicyclic) bond motifs is 1. The molecule has 0 aromatic heterocycles. The molecule has 0 bridgehead atoms. The molecule has 1 N–H and O–H groups in total. The molecule has 2 spiro atoms. The molecule has 0 aliphatic carbocycles. The Balaban J connectivity index is 1.92. The van der Waals surface area contributed by atoms with Gasteiger partial charge in [-0.3, -0.25) is 0 Å². The predicted octanol–water partition coefficient (Wildman–Crippen LogP) is 1.27. The van der Waals surface area contributed by atoms with Crippen LogP contribution in [0.15, 0.2) is 12.7 Å². The lowest BCUT2D eigenvalue weighted by molar-refractivity contribution is -0.445. The van der Waals surface area contributed by atoms with Gasteiger partial charge in [0.15, 0.2) is 6.10 Å². The van der Waals surface area contributed by atoms with Crippen LogP contribution in [-0.4, -0.2) is 48.1 Å². The fraction of sp³-hybridized carbons (Fsp3) is 0.800. The van der Waals surface area contributed by atoms with Crippen molar-refractivity contribution in [3.05, 3.63) is 12.7 Å². The molecule has 3 saturated heterocycles. The lowest BCUT2D eigenvalue weighted by Gasteiger charge is -2.55. The van der Waals surface area contributed by atoms with E-state index in [9.17, 15) is 9.90 Å². The summed E-state index contributed by atoms with van der Waals surface area (Å²) in [5.41, 5.74) is 0. The van der Waals surface area contributed by atoms with Crippen LogP contribution in [-0.2, 0) is 23.7 Å². The third kappa shape index (κ3) is 2.40. The van der Waals surface area contributed by atoms with Crippen LogP contribution >= 0.6 is 0 Å². The summed E-state index contributed by atoms with van der Waals surface area (Å²) in [6, 6.07) is 0. The maximum Gasteiger partial charge on any atom is 0.341 e. The van der Waals surface area contributed by atoms with Crippen LogP contribution in [0, 0.1) is 0 Å². The number of hydrogen-bond donors (Lipinski definition) is 1. The molecule has 118 valence electrons. The van der Waals surface area contributed by atoms with Gasteiger partial charge in [0, 0.05) is 12.8 Å². The number of aliphatic hydroxyl groups excluding tert-OH is 1. The molecule has 0 aromatic carbocycles. The molecule has 3 aliphatic rings. The SMILES string of the molecule is C=C[C@@H](O)[C@H]1O[C@@]2(CCCCO2)[C@]2(CCCCO2)OC1=O. The summed E-state index contributed by atoms with van der Waals surface area (Å²) in [6.07, 6.45) is 3.81. The maximum absolute atomic E-state index is 12.2. The van der Waals surface area contributed by atoms with Crippen LogP contribution in [0.1, 0.15) is 38.5 Å². The van der Waals surface area contributed by atoms with Crippen LogP contribution in [0.5, 0.6) is 0 Å². The Bertz CT molecular complexity index is 408. The van der Waals surface area contributed by atoms with Gasteiger partial charge in [0.05, 0.1) is 13.2 Å². The van der Waals surface area contributed by atoms with Crippen LogP contribution < -0.4 is 0 Å². The van der Waals surface area contributed by atoms with E-state index in [1.807, 2.05) is 0 Å². The van der Waals surface area contributed by atoms with Gasteiger partial charge >= 0.3 is 5.97 Å². The number of rotatable bonds is 2. The summed E-state index contributed by atoms with van der Waals surface area (Å²) in [4.78, 5) is 12.2. The van der Waals surface area contributed by atoms with E-state index in [0.29, 0.717) is 26.1 Å². The predicted molar refractivity (Wildman–Crippen MR) is 72.2 cm³/mol. The minimum atomic E-state index is -1.18. The first-order chi connectivity index (χ1) is 10.1. The minimum absolute atomic E-state index is 0.510. The van der Waals surface area contributed by atoms with Gasteiger partial charge in [-0.25, -0.2) is 4.79 Å². The van der Waals surface area contributed by atoms with E-state index >= 15 is 0 Å². The summed E-state index contributed by atoms with van der Waals surface area (Å²) >= 11 is 0. The smallest absolute Gasteiger partial charge is 0.341 e. The Kier molecular flexibility index (Phi) is 4.05. The van der Waals surface area contributed by atoms with Crippen molar-refractivity contribution in [3.8, 4) is 0 Å². The van der Waals surface area contributed by atoms with E-state index in [2.05, 4.69) is 6.58 Å². The van der Waals surface area contributed by atoms with E-state index < -0.39 is 29.8 Å². The van der Waals surface area contributed by atoms with Gasteiger partial charge in [0.1, 0.15) is 6.10 Å². The van der Waals surface area contributed by atoms with Crippen LogP contribution in [0.25, 0.3) is 0 Å². The lowest BCUT2D eigenvalue weighted by Crippen LogP contribution is -2.70. The summed E-state index contributed by atoms with van der Waals surface area (Å²) in [5.74, 6) is -2.92. The lowest BCUT2D eigenvalue weighted by atomic mass is 9.89. The fourth-order valence-electron chi connectivity index (χ4n) is 3.29. The maximum atomic E-state index is 12.2. The molecule has 0 amide bonds. The normalized spacial score (nSPS) is 41.8. The number of hydrogen-bond acceptors (Lipinski definition) is 6. The molecule has 3 heterocycles. The molecule has 6 nitrogen and oxygen atoms in total. The van der Waals surface area contributed by atoms with Crippen molar-refractivity contribution in [1.29, 1.82) is 0 Å². The van der Waals surface area contributed by atoms with Crippen molar-refractivity contribution < 1.29 is 28.8 Å². The summed E-state index contributed by atoms with van der Waals surface area (Å²) < 4.78 is 23.3. The molecule has 6 heteroatoms. The quantitative estimate of drug-likeness (QED) is 0.611. The summed E-state index contributed by atoms with van der Waals surface area (Å²) in [7, 11) is 0. The second kappa shape index (κ2) is 5.68. The van der Waals surface area contributed by atoms with E-state index in [4.69, 9.17) is 18.9 Å². The molecule has 3 fully saturated rings. The molecule has 0 radical (unpaired) electrons. The largest absolute Gasteiger partial charge is 0.425 e. The molecule has 3 rings (SSSR count). The highest BCUT2D eigenvalue weighted by atomic mass is 16.8. The number of aliphatic hydroxyl groups is 1. The topological polar surface area (TPSA) is 74.2 Å². The van der Waals surface area contributed by atoms with Gasteiger partial charge in [-0.15, -0.1) is 6.58 Å². The first kappa shape index (κ1) is 15.0. The summed E-state index contributed by atoms with van der Waals surface area (Å²) in [5, 5.41) is 9.91. The van der Waals surface area contributed by atoms with Gasteiger partial charge < -0.3 is 24.1 Å². The fourth-order valence-corrected chi connectivity index (χ4v) is 3.29. The third-order valence-corrected chi connectivity index (χ3v) is 4.42. The van der Waals surface area contributed by atoms with Crippen molar-refractivity contribution in [3.63, 3.8) is 0 Å². The van der Waals surface area contributed by atoms with Crippen LogP contribution in [0.2, 0.25) is 0 Å². The van der Waals surface area contributed by atoms with Gasteiger partial charge in [0.25, 0.3) is 5.79 Å². The number of ether oxygens (including phenoxy) is 4. The van der Waals surface area contributed by atoms with Crippen molar-refractivity contribution in [2.75, 3.05) is 13.2 Å². The highest BCUT2D eigenvalue weighted by Crippen LogP contribution is 2.48. The Hall–Kier alpha value is -0.950. The van der Waals surface area contributed by atoms with Crippen molar-refractivity contribution in [2.45, 2.75) is 62.3 Å². The number of carbonyl (C=O) groups excluding carboxylic acids is 1. The van der Waals surface area contributed by atoms with Gasteiger partial charge in [-0.2, -0.15) is 0 Å². The van der Waals surface area contributed by atoms with E-state index in [1.54, 1.807) is 0 Å². The second-order valence-corrected chi connectivity index (χ2v) is 5.80. The molecule has 0 aromatic rings. The minimum Gasteiger partial charge on any atom is -0.425 e. The number of esters is 1. The molecule has 21 heavy (non-hydrogen) atoms. The highest BCUT2D eigenvalue weighted by molar-refractivity contribution is 5.77. The van der Waals surface area contributed by atoms with Crippen LogP contribution in [0.3, 0.4) is 0 Å². The van der Waals surface area contributed by atoms with Gasteiger partial charge in [0.2, 0.25) is 5.79 Å². The molecular formula is C15H22O6. The first-order valence-electron chi connectivity index (χ1n) is 7.62. The zero-order chi connectivity index (χ0) is 14.9. The van der Waals surface area contributed by atoms with E-state index in [0.717, 1.165) is 25.7 Å². The molecule has 3 aliphatic heterocycles. The average molecular weight is 298 g/mol. The molecule has 4 atom stereocenters. The first-order valence-corrected chi connectivity index (χ1v) is 7.62. The molecular weight excluding hydrogens is 276 g/mol. The Morgan fingerprint density at radius 3 is 2.29 bits per heavy atom. The number of carbonyl (C=O) groups is 1. The monoisotopic (exact) mass is 298 g/mol. The zero-order valence-electron chi connectivity index (χ0n) is 12.1. The third-order valence-electron chi connectivity index (χ3n) is 4.42. The van der Waals surface area contributed by atoms with E-state index in [1.165, 1.54) is 6.08 Å². The Morgan fingerprint density at radius 1 is 1.14 bits per heavy atom. The zero-order valence-corrected chi connectivity index (χ0v) is 12.1. The summed E-state index contributed by atoms with van der Waals surface area (Å²) in [6.45, 7) is 4.54. The Morgan fingerprint density at radius 2 is 1.76 bits per heavy atom. The standard InChI is InChI=1S/C15H22O6/c1-2-11(16)12-13(17)21-15(8-4-6-10-19-15)14(20-12)7-3-5-9-18-14/h2,11-12,16H,1,3-10H2/t11-,12-,14+,15+/m1/s1. The van der Waals surface area contributed by atoms with Crippen LogP contribution in [0.4, 0.5) is 0 Å². The Labute approximate surface area is 124 Å². The van der Waals surface area contributed by atoms with Crippen molar-refractivity contribution in [1.82, 2.24) is 0 Å². The second-order valence-electron chi connectivity index (χ2n) is 5.80. The van der Waals surface area contributed by atoms with Gasteiger partial charge in [-0.1, -0.05) is 6.08 Å². The van der Waals surface area contributed by atoms with Crippen molar-refractivity contribution in [2.24, 2.45) is 0 Å². The van der Waals surface area contributed by atoms with Gasteiger partial charge in [-0.05, 0) is 25.7 Å².